The van der Waals surface area contributed by atoms with Crippen molar-refractivity contribution in [2.45, 2.75) is 44.2 Å². The first-order chi connectivity index (χ1) is 11.6. The van der Waals surface area contributed by atoms with E-state index in [1.807, 2.05) is 0 Å². The fourth-order valence-electron chi connectivity index (χ4n) is 3.93. The SMILES string of the molecule is COc1ccc(OCC(=O)N2C(C(=O)O)CC3CCCCC32)cc1. The summed E-state index contributed by atoms with van der Waals surface area (Å²) in [5.74, 6) is 0.430. The van der Waals surface area contributed by atoms with Gasteiger partial charge in [0.1, 0.15) is 17.5 Å². The topological polar surface area (TPSA) is 76.1 Å². The average molecular weight is 333 g/mol. The maximum Gasteiger partial charge on any atom is 0.326 e. The minimum Gasteiger partial charge on any atom is -0.497 e. The molecule has 130 valence electrons. The Balaban J connectivity index is 1.66. The molecule has 6 nitrogen and oxygen atoms in total. The molecular formula is C18H23NO5. The highest BCUT2D eigenvalue weighted by atomic mass is 16.5. The second kappa shape index (κ2) is 7.11. The molecule has 6 heteroatoms. The molecule has 3 rings (SSSR count). The number of carboxylic acid groups (broad SMARTS) is 1. The molecule has 3 unspecified atom stereocenters. The second-order valence-electron chi connectivity index (χ2n) is 6.47. The van der Waals surface area contributed by atoms with Gasteiger partial charge in [0.15, 0.2) is 6.61 Å². The van der Waals surface area contributed by atoms with E-state index in [1.54, 1.807) is 36.3 Å². The molecular weight excluding hydrogens is 310 g/mol. The van der Waals surface area contributed by atoms with Crippen molar-refractivity contribution < 1.29 is 24.2 Å². The first kappa shape index (κ1) is 16.6. The van der Waals surface area contributed by atoms with Gasteiger partial charge in [-0.1, -0.05) is 12.8 Å². The molecule has 2 fully saturated rings. The van der Waals surface area contributed by atoms with E-state index in [0.717, 1.165) is 25.7 Å². The summed E-state index contributed by atoms with van der Waals surface area (Å²) in [4.78, 5) is 25.7. The third-order valence-corrected chi connectivity index (χ3v) is 5.08. The second-order valence-corrected chi connectivity index (χ2v) is 6.47. The van der Waals surface area contributed by atoms with Crippen molar-refractivity contribution in [2.75, 3.05) is 13.7 Å². The van der Waals surface area contributed by atoms with Crippen molar-refractivity contribution in [3.05, 3.63) is 24.3 Å². The molecule has 0 radical (unpaired) electrons. The smallest absolute Gasteiger partial charge is 0.326 e. The van der Waals surface area contributed by atoms with Crippen molar-refractivity contribution in [3.8, 4) is 11.5 Å². The van der Waals surface area contributed by atoms with Crippen LogP contribution in [-0.4, -0.2) is 47.7 Å². The predicted molar refractivity (Wildman–Crippen MR) is 87.1 cm³/mol. The van der Waals surface area contributed by atoms with Gasteiger partial charge in [-0.05, 0) is 49.4 Å². The lowest BCUT2D eigenvalue weighted by atomic mass is 9.85. The zero-order valence-corrected chi connectivity index (χ0v) is 13.8. The van der Waals surface area contributed by atoms with Crippen LogP contribution >= 0.6 is 0 Å². The molecule has 2 aliphatic rings. The fourth-order valence-corrected chi connectivity index (χ4v) is 3.93. The lowest BCUT2D eigenvalue weighted by molar-refractivity contribution is -0.150. The molecule has 0 spiro atoms. The lowest BCUT2D eigenvalue weighted by Crippen LogP contribution is -2.48. The summed E-state index contributed by atoms with van der Waals surface area (Å²) in [6.45, 7) is -0.140. The maximum atomic E-state index is 12.6. The summed E-state index contributed by atoms with van der Waals surface area (Å²) in [7, 11) is 1.58. The normalized spacial score (nSPS) is 25.9. The minimum absolute atomic E-state index is 0.0480. The molecule has 1 amide bonds. The summed E-state index contributed by atoms with van der Waals surface area (Å²) in [5.41, 5.74) is 0. The van der Waals surface area contributed by atoms with Crippen LogP contribution in [0.15, 0.2) is 24.3 Å². The Bertz CT molecular complexity index is 600. The van der Waals surface area contributed by atoms with Crippen LogP contribution in [0.2, 0.25) is 0 Å². The number of nitrogens with zero attached hydrogens (tertiary/aromatic N) is 1. The summed E-state index contributed by atoms with van der Waals surface area (Å²) in [5, 5.41) is 9.47. The highest BCUT2D eigenvalue weighted by Crippen LogP contribution is 2.39. The number of carbonyl (C=O) groups is 2. The number of carboxylic acids is 1. The van der Waals surface area contributed by atoms with Gasteiger partial charge in [-0.15, -0.1) is 0 Å². The number of ether oxygens (including phenoxy) is 2. The number of hydrogen-bond acceptors (Lipinski definition) is 4. The number of likely N-dealkylation sites (tertiary alicyclic amines) is 1. The minimum atomic E-state index is -0.915. The number of fused-ring (bicyclic) bond motifs is 1. The molecule has 1 aliphatic heterocycles. The van der Waals surface area contributed by atoms with Crippen LogP contribution in [0.4, 0.5) is 0 Å². The molecule has 1 N–H and O–H groups in total. The van der Waals surface area contributed by atoms with Gasteiger partial charge in [-0.25, -0.2) is 4.79 Å². The Hall–Kier alpha value is -2.24. The standard InChI is InChI=1S/C18H23NO5/c1-23-13-6-8-14(9-7-13)24-11-17(20)19-15-5-3-2-4-12(15)10-16(19)18(21)22/h6-9,12,15-16H,2-5,10-11H2,1H3,(H,21,22). The molecule has 1 saturated heterocycles. The van der Waals surface area contributed by atoms with Gasteiger partial charge in [0.25, 0.3) is 5.91 Å². The van der Waals surface area contributed by atoms with E-state index < -0.39 is 12.0 Å². The van der Waals surface area contributed by atoms with Crippen molar-refractivity contribution in [2.24, 2.45) is 5.92 Å². The molecule has 0 bridgehead atoms. The number of rotatable bonds is 5. The average Bonchev–Trinajstić information content (AvgIpc) is 3.00. The molecule has 1 saturated carbocycles. The summed E-state index contributed by atoms with van der Waals surface area (Å²) in [6.07, 6.45) is 4.64. The van der Waals surface area contributed by atoms with Crippen LogP contribution < -0.4 is 9.47 Å². The van der Waals surface area contributed by atoms with E-state index in [-0.39, 0.29) is 18.6 Å². The summed E-state index contributed by atoms with van der Waals surface area (Å²) in [6, 6.07) is 6.30. The third kappa shape index (κ3) is 3.32. The maximum absolute atomic E-state index is 12.6. The lowest BCUT2D eigenvalue weighted by Gasteiger charge is -2.32. The zero-order valence-electron chi connectivity index (χ0n) is 13.8. The van der Waals surface area contributed by atoms with E-state index in [9.17, 15) is 14.7 Å². The van der Waals surface area contributed by atoms with Crippen LogP contribution in [0, 0.1) is 5.92 Å². The third-order valence-electron chi connectivity index (χ3n) is 5.08. The van der Waals surface area contributed by atoms with E-state index >= 15 is 0 Å². The molecule has 1 aromatic carbocycles. The Morgan fingerprint density at radius 1 is 1.17 bits per heavy atom. The molecule has 24 heavy (non-hydrogen) atoms. The molecule has 1 heterocycles. The number of amides is 1. The van der Waals surface area contributed by atoms with Gasteiger partial charge < -0.3 is 19.5 Å². The van der Waals surface area contributed by atoms with Crippen LogP contribution in [0.5, 0.6) is 11.5 Å². The van der Waals surface area contributed by atoms with Gasteiger partial charge in [0, 0.05) is 6.04 Å². The van der Waals surface area contributed by atoms with Gasteiger partial charge in [-0.3, -0.25) is 4.79 Å². The van der Waals surface area contributed by atoms with Crippen LogP contribution in [0.1, 0.15) is 32.1 Å². The predicted octanol–water partition coefficient (Wildman–Crippen LogP) is 2.32. The molecule has 1 aromatic rings. The van der Waals surface area contributed by atoms with Crippen molar-refractivity contribution in [1.82, 2.24) is 4.90 Å². The molecule has 1 aliphatic carbocycles. The molecule has 3 atom stereocenters. The highest BCUT2D eigenvalue weighted by molar-refractivity contribution is 5.85. The van der Waals surface area contributed by atoms with E-state index in [4.69, 9.17) is 9.47 Å². The van der Waals surface area contributed by atoms with Crippen LogP contribution in [-0.2, 0) is 9.59 Å². The Kier molecular flexibility index (Phi) is 4.92. The van der Waals surface area contributed by atoms with Crippen molar-refractivity contribution in [3.63, 3.8) is 0 Å². The van der Waals surface area contributed by atoms with E-state index in [2.05, 4.69) is 0 Å². The Labute approximate surface area is 141 Å². The van der Waals surface area contributed by atoms with Gasteiger partial charge in [0.2, 0.25) is 0 Å². The number of carbonyl (C=O) groups excluding carboxylic acids is 1. The van der Waals surface area contributed by atoms with Crippen LogP contribution in [0.25, 0.3) is 0 Å². The van der Waals surface area contributed by atoms with Gasteiger partial charge in [-0.2, -0.15) is 0 Å². The number of aliphatic carboxylic acids is 1. The monoisotopic (exact) mass is 333 g/mol. The highest BCUT2D eigenvalue weighted by Gasteiger charge is 2.47. The Morgan fingerprint density at radius 2 is 1.83 bits per heavy atom. The van der Waals surface area contributed by atoms with Crippen LogP contribution in [0.3, 0.4) is 0 Å². The van der Waals surface area contributed by atoms with E-state index in [0.29, 0.717) is 23.8 Å². The largest absolute Gasteiger partial charge is 0.497 e. The molecule has 0 aromatic heterocycles. The number of hydrogen-bond donors (Lipinski definition) is 1. The first-order valence-corrected chi connectivity index (χ1v) is 8.41. The summed E-state index contributed by atoms with van der Waals surface area (Å²) < 4.78 is 10.6. The first-order valence-electron chi connectivity index (χ1n) is 8.41. The quantitative estimate of drug-likeness (QED) is 0.895. The Morgan fingerprint density at radius 3 is 2.50 bits per heavy atom. The fraction of sp³-hybridized carbons (Fsp3) is 0.556. The van der Waals surface area contributed by atoms with Gasteiger partial charge in [0.05, 0.1) is 7.11 Å². The zero-order chi connectivity index (χ0) is 17.1. The van der Waals surface area contributed by atoms with Crippen molar-refractivity contribution >= 4 is 11.9 Å². The van der Waals surface area contributed by atoms with E-state index in [1.165, 1.54) is 0 Å². The number of methoxy groups -OCH3 is 1. The summed E-state index contributed by atoms with van der Waals surface area (Å²) >= 11 is 0. The number of benzene rings is 1. The van der Waals surface area contributed by atoms with Gasteiger partial charge >= 0.3 is 5.97 Å². The van der Waals surface area contributed by atoms with Crippen molar-refractivity contribution in [1.29, 1.82) is 0 Å².